The fourth-order valence-corrected chi connectivity index (χ4v) is 1.80. The Balaban J connectivity index is 3.13. The van der Waals surface area contributed by atoms with Gasteiger partial charge in [-0.1, -0.05) is 0 Å². The van der Waals surface area contributed by atoms with Gasteiger partial charge in [-0.05, 0) is 19.9 Å². The van der Waals surface area contributed by atoms with Crippen molar-refractivity contribution < 1.29 is 14.7 Å². The summed E-state index contributed by atoms with van der Waals surface area (Å²) in [5, 5.41) is 8.67. The predicted molar refractivity (Wildman–Crippen MR) is 67.8 cm³/mol. The van der Waals surface area contributed by atoms with Gasteiger partial charge >= 0.3 is 5.97 Å². The molecule has 1 aromatic heterocycles. The molecular weight excluding hydrogens is 234 g/mol. The van der Waals surface area contributed by atoms with Crippen LogP contribution < -0.4 is 10.6 Å². The van der Waals surface area contributed by atoms with Crippen molar-refractivity contribution in [1.82, 2.24) is 4.98 Å². The van der Waals surface area contributed by atoms with Crippen LogP contribution in [0.15, 0.2) is 6.07 Å². The number of carbonyl (C=O) groups is 2. The van der Waals surface area contributed by atoms with E-state index in [4.69, 9.17) is 10.8 Å². The third kappa shape index (κ3) is 3.19. The Kier molecular flexibility index (Phi) is 4.25. The molecule has 0 unspecified atom stereocenters. The van der Waals surface area contributed by atoms with Crippen molar-refractivity contribution >= 4 is 17.6 Å². The molecule has 0 aliphatic rings. The summed E-state index contributed by atoms with van der Waals surface area (Å²) in [6.07, 6.45) is -0.00484. The Bertz CT molecular complexity index is 486. The average Bonchev–Trinajstić information content (AvgIpc) is 2.23. The van der Waals surface area contributed by atoms with Gasteiger partial charge in [0.1, 0.15) is 0 Å². The predicted octanol–water partition coefficient (Wildman–Crippen LogP) is 0.708. The SMILES string of the molecule is Cc1cc(N(C)CCC(=O)O)c(C(N)=O)c(C)n1. The first kappa shape index (κ1) is 14.0. The monoisotopic (exact) mass is 251 g/mol. The van der Waals surface area contributed by atoms with Gasteiger partial charge in [0, 0.05) is 19.3 Å². The molecule has 98 valence electrons. The molecule has 0 fully saturated rings. The molecule has 1 aromatic rings. The van der Waals surface area contributed by atoms with E-state index in [1.165, 1.54) is 0 Å². The number of aromatic nitrogens is 1. The van der Waals surface area contributed by atoms with Crippen molar-refractivity contribution in [2.75, 3.05) is 18.5 Å². The fraction of sp³-hybridized carbons (Fsp3) is 0.417. The molecule has 0 spiro atoms. The summed E-state index contributed by atoms with van der Waals surface area (Å²) < 4.78 is 0. The van der Waals surface area contributed by atoms with Crippen LogP contribution in [-0.2, 0) is 4.79 Å². The van der Waals surface area contributed by atoms with Crippen molar-refractivity contribution in [3.63, 3.8) is 0 Å². The quantitative estimate of drug-likeness (QED) is 0.803. The van der Waals surface area contributed by atoms with Crippen LogP contribution in [0.2, 0.25) is 0 Å². The molecule has 3 N–H and O–H groups in total. The Morgan fingerprint density at radius 2 is 2.06 bits per heavy atom. The number of hydrogen-bond donors (Lipinski definition) is 2. The van der Waals surface area contributed by atoms with E-state index in [9.17, 15) is 9.59 Å². The molecule has 0 bridgehead atoms. The highest BCUT2D eigenvalue weighted by Crippen LogP contribution is 2.22. The van der Waals surface area contributed by atoms with Crippen LogP contribution >= 0.6 is 0 Å². The maximum absolute atomic E-state index is 11.4. The molecule has 1 heterocycles. The van der Waals surface area contributed by atoms with Crippen molar-refractivity contribution in [2.24, 2.45) is 5.73 Å². The molecule has 0 aliphatic carbocycles. The molecule has 0 saturated heterocycles. The van der Waals surface area contributed by atoms with Crippen molar-refractivity contribution in [3.8, 4) is 0 Å². The van der Waals surface area contributed by atoms with Gasteiger partial charge in [-0.2, -0.15) is 0 Å². The van der Waals surface area contributed by atoms with Gasteiger partial charge in [0.05, 0.1) is 23.4 Å². The lowest BCUT2D eigenvalue weighted by Gasteiger charge is -2.22. The Hall–Kier alpha value is -2.11. The van der Waals surface area contributed by atoms with E-state index in [1.54, 1.807) is 24.9 Å². The van der Waals surface area contributed by atoms with Gasteiger partial charge in [0.15, 0.2) is 0 Å². The first-order valence-corrected chi connectivity index (χ1v) is 5.54. The molecule has 0 atom stereocenters. The number of aryl methyl sites for hydroxylation is 2. The van der Waals surface area contributed by atoms with Crippen LogP contribution in [0.1, 0.15) is 28.2 Å². The summed E-state index contributed by atoms with van der Waals surface area (Å²) in [4.78, 5) is 27.9. The highest BCUT2D eigenvalue weighted by Gasteiger charge is 2.17. The first-order valence-electron chi connectivity index (χ1n) is 5.54. The van der Waals surface area contributed by atoms with Crippen LogP contribution in [0.4, 0.5) is 5.69 Å². The molecule has 0 saturated carbocycles. The Morgan fingerprint density at radius 1 is 1.44 bits per heavy atom. The van der Waals surface area contributed by atoms with E-state index in [1.807, 2.05) is 6.92 Å². The molecule has 6 nitrogen and oxygen atoms in total. The molecule has 0 aliphatic heterocycles. The van der Waals surface area contributed by atoms with Crippen LogP contribution in [0.3, 0.4) is 0 Å². The summed E-state index contributed by atoms with van der Waals surface area (Å²) in [7, 11) is 1.73. The third-order valence-electron chi connectivity index (χ3n) is 2.63. The van der Waals surface area contributed by atoms with Crippen molar-refractivity contribution in [2.45, 2.75) is 20.3 Å². The molecule has 1 amide bonds. The average molecular weight is 251 g/mol. The number of carboxylic acids is 1. The van der Waals surface area contributed by atoms with E-state index in [0.29, 0.717) is 23.5 Å². The van der Waals surface area contributed by atoms with Crippen LogP contribution in [-0.4, -0.2) is 35.6 Å². The minimum Gasteiger partial charge on any atom is -0.481 e. The lowest BCUT2D eigenvalue weighted by atomic mass is 10.1. The number of hydrogen-bond acceptors (Lipinski definition) is 4. The van der Waals surface area contributed by atoms with Gasteiger partial charge < -0.3 is 15.7 Å². The van der Waals surface area contributed by atoms with Gasteiger partial charge in [-0.3, -0.25) is 14.6 Å². The number of carbonyl (C=O) groups excluding carboxylic acids is 1. The minimum atomic E-state index is -0.884. The molecule has 0 aromatic carbocycles. The van der Waals surface area contributed by atoms with Crippen LogP contribution in [0.5, 0.6) is 0 Å². The van der Waals surface area contributed by atoms with Gasteiger partial charge in [-0.25, -0.2) is 0 Å². The summed E-state index contributed by atoms with van der Waals surface area (Å²) in [6, 6.07) is 1.73. The smallest absolute Gasteiger partial charge is 0.305 e. The number of anilines is 1. The largest absolute Gasteiger partial charge is 0.481 e. The van der Waals surface area contributed by atoms with E-state index < -0.39 is 11.9 Å². The number of aliphatic carboxylic acids is 1. The fourth-order valence-electron chi connectivity index (χ4n) is 1.80. The second-order valence-electron chi connectivity index (χ2n) is 4.17. The number of nitrogens with zero attached hydrogens (tertiary/aromatic N) is 2. The number of rotatable bonds is 5. The van der Waals surface area contributed by atoms with Gasteiger partial charge in [0.2, 0.25) is 0 Å². The lowest BCUT2D eigenvalue weighted by Crippen LogP contribution is -2.26. The van der Waals surface area contributed by atoms with E-state index in [-0.39, 0.29) is 6.42 Å². The zero-order valence-corrected chi connectivity index (χ0v) is 10.7. The zero-order chi connectivity index (χ0) is 13.9. The van der Waals surface area contributed by atoms with Gasteiger partial charge in [-0.15, -0.1) is 0 Å². The normalized spacial score (nSPS) is 10.2. The summed E-state index contributed by atoms with van der Waals surface area (Å²) in [5.74, 6) is -1.44. The summed E-state index contributed by atoms with van der Waals surface area (Å²) in [6.45, 7) is 3.83. The standard InChI is InChI=1S/C12H17N3O3/c1-7-6-9(15(3)5-4-10(16)17)11(12(13)18)8(2)14-7/h6H,4-5H2,1-3H3,(H2,13,18)(H,16,17). The lowest BCUT2D eigenvalue weighted by molar-refractivity contribution is -0.136. The third-order valence-corrected chi connectivity index (χ3v) is 2.63. The number of primary amides is 1. The van der Waals surface area contributed by atoms with Crippen molar-refractivity contribution in [1.29, 1.82) is 0 Å². The molecule has 1 rings (SSSR count). The van der Waals surface area contributed by atoms with Crippen LogP contribution in [0, 0.1) is 13.8 Å². The second-order valence-corrected chi connectivity index (χ2v) is 4.17. The molecule has 0 radical (unpaired) electrons. The maximum atomic E-state index is 11.4. The number of nitrogens with two attached hydrogens (primary N) is 1. The summed E-state index contributed by atoms with van der Waals surface area (Å²) >= 11 is 0. The Labute approximate surface area is 105 Å². The van der Waals surface area contributed by atoms with Crippen molar-refractivity contribution in [3.05, 3.63) is 23.0 Å². The number of pyridine rings is 1. The minimum absolute atomic E-state index is 0.00484. The first-order chi connectivity index (χ1) is 8.32. The van der Waals surface area contributed by atoms with E-state index in [0.717, 1.165) is 5.69 Å². The van der Waals surface area contributed by atoms with E-state index in [2.05, 4.69) is 4.98 Å². The highest BCUT2D eigenvalue weighted by atomic mass is 16.4. The highest BCUT2D eigenvalue weighted by molar-refractivity contribution is 5.99. The maximum Gasteiger partial charge on any atom is 0.305 e. The Morgan fingerprint density at radius 3 is 2.56 bits per heavy atom. The van der Waals surface area contributed by atoms with Crippen LogP contribution in [0.25, 0.3) is 0 Å². The number of amides is 1. The topological polar surface area (TPSA) is 96.5 Å². The second kappa shape index (κ2) is 5.48. The summed E-state index contributed by atoms with van der Waals surface area (Å²) in [5.41, 5.74) is 7.61. The number of carboxylic acid groups (broad SMARTS) is 1. The zero-order valence-electron chi connectivity index (χ0n) is 10.7. The van der Waals surface area contributed by atoms with E-state index >= 15 is 0 Å². The molecular formula is C12H17N3O3. The van der Waals surface area contributed by atoms with Gasteiger partial charge in [0.25, 0.3) is 5.91 Å². The molecule has 18 heavy (non-hydrogen) atoms. The molecule has 6 heteroatoms.